The second kappa shape index (κ2) is 4.16. The first-order chi connectivity index (χ1) is 7.23. The maximum Gasteiger partial charge on any atom is 0.454 e. The Balaban J connectivity index is 3.18. The number of nitrogens with one attached hydrogen (secondary N) is 1. The molecule has 0 atom stereocenters. The van der Waals surface area contributed by atoms with Gasteiger partial charge in [-0.3, -0.25) is 4.79 Å². The highest BCUT2D eigenvalue weighted by Gasteiger charge is 2.39. The third-order valence-corrected chi connectivity index (χ3v) is 1.71. The molecule has 0 bridgehead atoms. The van der Waals surface area contributed by atoms with E-state index in [9.17, 15) is 32.8 Å². The normalized spacial score (nSPS) is 11.9. The zero-order valence-electron chi connectivity index (χ0n) is 7.47. The van der Waals surface area contributed by atoms with Crippen molar-refractivity contribution < 1.29 is 27.6 Å². The fourth-order valence-electron chi connectivity index (χ4n) is 0.987. The van der Waals surface area contributed by atoms with Gasteiger partial charge in [0.1, 0.15) is 0 Å². The van der Waals surface area contributed by atoms with E-state index in [1.807, 2.05) is 0 Å². The number of carbonyl (C=O) groups excluding carboxylic acids is 1. The molecule has 0 aliphatic heterocycles. The van der Waals surface area contributed by atoms with Crippen LogP contribution < -0.4 is 5.23 Å². The van der Waals surface area contributed by atoms with Gasteiger partial charge in [0, 0.05) is 11.6 Å². The van der Waals surface area contributed by atoms with Crippen molar-refractivity contribution in [3.8, 4) is 0 Å². The van der Waals surface area contributed by atoms with Crippen LogP contribution in [-0.4, -0.2) is 12.0 Å². The van der Waals surface area contributed by atoms with Gasteiger partial charge in [0.05, 0.1) is 0 Å². The van der Waals surface area contributed by atoms with Crippen LogP contribution >= 0.6 is 0 Å². The monoisotopic (exact) mass is 238 g/mol. The molecule has 0 spiro atoms. The standard InChI is InChI=1S/C8H4F4NO3/c9-5-2-1-4(3-6(5)13(15)16)7(14)8(10,11)12/h1-3,13H/q-1. The molecular formula is C8H4F4NO3-. The second-order valence-corrected chi connectivity index (χ2v) is 2.81. The number of Topliss-reactive ketones (excluding diaryl/α,β-unsaturated/α-hetero) is 1. The quantitative estimate of drug-likeness (QED) is 0.476. The van der Waals surface area contributed by atoms with Gasteiger partial charge in [0.15, 0.2) is 11.5 Å². The number of benzene rings is 1. The summed E-state index contributed by atoms with van der Waals surface area (Å²) in [5, 5.41) is 18.6. The molecule has 0 aliphatic carbocycles. The van der Waals surface area contributed by atoms with E-state index in [2.05, 4.69) is 0 Å². The lowest BCUT2D eigenvalue weighted by Crippen LogP contribution is -2.96. The van der Waals surface area contributed by atoms with E-state index >= 15 is 0 Å². The lowest BCUT2D eigenvalue weighted by molar-refractivity contribution is -0.716. The van der Waals surface area contributed by atoms with E-state index in [1.54, 1.807) is 0 Å². The van der Waals surface area contributed by atoms with E-state index in [-0.39, 0.29) is 0 Å². The number of quaternary nitrogens is 1. The molecule has 0 heterocycles. The maximum atomic E-state index is 12.8. The highest BCUT2D eigenvalue weighted by atomic mass is 19.4. The highest BCUT2D eigenvalue weighted by Crippen LogP contribution is 2.23. The van der Waals surface area contributed by atoms with Crippen molar-refractivity contribution in [2.24, 2.45) is 0 Å². The Bertz CT molecular complexity index is 416. The lowest BCUT2D eigenvalue weighted by atomic mass is 10.1. The molecule has 1 N–H and O–H groups in total. The van der Waals surface area contributed by atoms with E-state index in [1.165, 1.54) is 0 Å². The van der Waals surface area contributed by atoms with Crippen LogP contribution in [0.4, 0.5) is 23.2 Å². The molecule has 8 heteroatoms. The molecule has 0 aliphatic rings. The summed E-state index contributed by atoms with van der Waals surface area (Å²) in [6.07, 6.45) is -5.14. The van der Waals surface area contributed by atoms with Crippen LogP contribution in [0.25, 0.3) is 0 Å². The smallest absolute Gasteiger partial charge is 0.454 e. The first-order valence-electron chi connectivity index (χ1n) is 3.86. The third kappa shape index (κ3) is 2.54. The summed E-state index contributed by atoms with van der Waals surface area (Å²) in [5.41, 5.74) is -2.04. The summed E-state index contributed by atoms with van der Waals surface area (Å²) in [6, 6.07) is 1.31. The van der Waals surface area contributed by atoms with Crippen molar-refractivity contribution in [3.05, 3.63) is 40.0 Å². The Hall–Kier alpha value is -1.51. The fourth-order valence-corrected chi connectivity index (χ4v) is 0.987. The molecule has 0 saturated heterocycles. The first-order valence-corrected chi connectivity index (χ1v) is 3.86. The van der Waals surface area contributed by atoms with Gasteiger partial charge in [-0.25, -0.2) is 4.39 Å². The van der Waals surface area contributed by atoms with Gasteiger partial charge < -0.3 is 15.6 Å². The molecule has 0 unspecified atom stereocenters. The van der Waals surface area contributed by atoms with Crippen molar-refractivity contribution in [2.75, 3.05) is 0 Å². The van der Waals surface area contributed by atoms with Crippen molar-refractivity contribution in [2.45, 2.75) is 6.18 Å². The summed E-state index contributed by atoms with van der Waals surface area (Å²) in [6.45, 7) is 0. The zero-order chi connectivity index (χ0) is 12.5. The Morgan fingerprint density at radius 1 is 1.25 bits per heavy atom. The SMILES string of the molecule is O=C(c1ccc(F)c([NH+]([O-])[O-])c1)C(F)(F)F. The van der Waals surface area contributed by atoms with Gasteiger partial charge in [-0.1, -0.05) is 0 Å². The number of carbonyl (C=O) groups is 1. The molecule has 4 nitrogen and oxygen atoms in total. The summed E-state index contributed by atoms with van der Waals surface area (Å²) in [5.74, 6) is -3.51. The van der Waals surface area contributed by atoms with Crippen molar-refractivity contribution in [3.63, 3.8) is 0 Å². The molecule has 88 valence electrons. The number of hydrogen-bond acceptors (Lipinski definition) is 3. The van der Waals surface area contributed by atoms with Gasteiger partial charge in [-0.05, 0) is 12.1 Å². The minimum Gasteiger partial charge on any atom is -0.628 e. The predicted molar refractivity (Wildman–Crippen MR) is 44.1 cm³/mol. The Labute approximate surface area is 86.2 Å². The number of ketones is 1. The molecule has 0 fully saturated rings. The molecule has 0 radical (unpaired) electrons. The Kier molecular flexibility index (Phi) is 3.27. The van der Waals surface area contributed by atoms with Crippen molar-refractivity contribution >= 4 is 11.5 Å². The summed E-state index contributed by atoms with van der Waals surface area (Å²) in [4.78, 5) is 10.7. The molecule has 1 aromatic carbocycles. The highest BCUT2D eigenvalue weighted by molar-refractivity contribution is 6.00. The van der Waals surface area contributed by atoms with Crippen LogP contribution in [0, 0.1) is 16.2 Å². The van der Waals surface area contributed by atoms with Crippen LogP contribution in [0.2, 0.25) is 0 Å². The predicted octanol–water partition coefficient (Wildman–Crippen LogP) is 1.08. The van der Waals surface area contributed by atoms with Gasteiger partial charge >= 0.3 is 6.18 Å². The summed E-state index contributed by atoms with van der Waals surface area (Å²) in [7, 11) is 0. The van der Waals surface area contributed by atoms with E-state index in [0.29, 0.717) is 18.2 Å². The first kappa shape index (κ1) is 12.6. The zero-order valence-corrected chi connectivity index (χ0v) is 7.47. The van der Waals surface area contributed by atoms with Gasteiger partial charge in [-0.15, -0.1) is 0 Å². The van der Waals surface area contributed by atoms with Gasteiger partial charge in [0.25, 0.3) is 5.78 Å². The molecule has 16 heavy (non-hydrogen) atoms. The minimum absolute atomic E-state index is 0.292. The van der Waals surface area contributed by atoms with E-state index in [0.717, 1.165) is 0 Å². The molecule has 1 aromatic rings. The molecule has 0 amide bonds. The number of halogens is 4. The third-order valence-electron chi connectivity index (χ3n) is 1.71. The number of hydrogen-bond donors (Lipinski definition) is 1. The Morgan fingerprint density at radius 2 is 1.81 bits per heavy atom. The lowest BCUT2D eigenvalue weighted by Gasteiger charge is -2.25. The Morgan fingerprint density at radius 3 is 2.25 bits per heavy atom. The second-order valence-electron chi connectivity index (χ2n) is 2.81. The topological polar surface area (TPSA) is 67.6 Å². The molecule has 0 aromatic heterocycles. The van der Waals surface area contributed by atoms with Crippen LogP contribution in [0.15, 0.2) is 18.2 Å². The van der Waals surface area contributed by atoms with Crippen molar-refractivity contribution in [1.82, 2.24) is 0 Å². The summed E-state index contributed by atoms with van der Waals surface area (Å²) >= 11 is 0. The molecule has 0 saturated carbocycles. The van der Waals surface area contributed by atoms with E-state index in [4.69, 9.17) is 0 Å². The molecular weight excluding hydrogens is 234 g/mol. The average Bonchev–Trinajstić information content (AvgIpc) is 2.15. The number of alkyl halides is 3. The van der Waals surface area contributed by atoms with Gasteiger partial charge in [0.2, 0.25) is 0 Å². The van der Waals surface area contributed by atoms with Crippen molar-refractivity contribution in [1.29, 1.82) is 0 Å². The minimum atomic E-state index is -5.14. The maximum absolute atomic E-state index is 12.8. The van der Waals surface area contributed by atoms with Gasteiger partial charge in [-0.2, -0.15) is 13.2 Å². The summed E-state index contributed by atoms with van der Waals surface area (Å²) < 4.78 is 48.7. The van der Waals surface area contributed by atoms with Crippen LogP contribution in [0.1, 0.15) is 10.4 Å². The number of rotatable bonds is 2. The largest absolute Gasteiger partial charge is 0.628 e. The molecule has 1 rings (SSSR count). The van der Waals surface area contributed by atoms with Crippen LogP contribution in [0.3, 0.4) is 0 Å². The van der Waals surface area contributed by atoms with Crippen LogP contribution in [-0.2, 0) is 0 Å². The fraction of sp³-hybridized carbons (Fsp3) is 0.125. The van der Waals surface area contributed by atoms with E-state index < -0.39 is 34.3 Å². The average molecular weight is 238 g/mol. The van der Waals surface area contributed by atoms with Crippen LogP contribution in [0.5, 0.6) is 0 Å².